The molecule has 166 valence electrons. The van der Waals surface area contributed by atoms with Crippen LogP contribution in [0.4, 0.5) is 11.5 Å². The standard InChI is InChI=1S/C23H24N4O4S/c1-15-12-20(27-31-15)26-22(29)14-32-13-21(28)25-19-11-7-6-10-18(19)23(30)24-16(2)17-8-4-3-5-9-17/h3-12,16H,13-14H2,1-2H3,(H,24,30)(H,25,28)(H,26,27,29). The summed E-state index contributed by atoms with van der Waals surface area (Å²) in [6.45, 7) is 3.62. The Hall–Kier alpha value is -3.59. The third-order valence-corrected chi connectivity index (χ3v) is 5.39. The van der Waals surface area contributed by atoms with Crippen LogP contribution in [-0.4, -0.2) is 34.4 Å². The minimum atomic E-state index is -0.309. The zero-order valence-electron chi connectivity index (χ0n) is 17.8. The molecule has 1 heterocycles. The van der Waals surface area contributed by atoms with Gasteiger partial charge in [0.15, 0.2) is 5.82 Å². The Kier molecular flexibility index (Phi) is 8.04. The van der Waals surface area contributed by atoms with E-state index in [-0.39, 0.29) is 35.3 Å². The van der Waals surface area contributed by atoms with E-state index >= 15 is 0 Å². The van der Waals surface area contributed by atoms with Crippen molar-refractivity contribution in [3.8, 4) is 0 Å². The van der Waals surface area contributed by atoms with E-state index < -0.39 is 0 Å². The molecule has 3 N–H and O–H groups in total. The molecule has 1 aromatic heterocycles. The van der Waals surface area contributed by atoms with Crippen molar-refractivity contribution in [3.63, 3.8) is 0 Å². The van der Waals surface area contributed by atoms with Gasteiger partial charge < -0.3 is 20.5 Å². The average molecular weight is 453 g/mol. The lowest BCUT2D eigenvalue weighted by atomic mass is 10.1. The summed E-state index contributed by atoms with van der Waals surface area (Å²) < 4.78 is 4.89. The summed E-state index contributed by atoms with van der Waals surface area (Å²) in [6.07, 6.45) is 0. The van der Waals surface area contributed by atoms with E-state index in [1.807, 2.05) is 37.3 Å². The number of carbonyl (C=O) groups excluding carboxylic acids is 3. The number of carbonyl (C=O) groups is 3. The highest BCUT2D eigenvalue weighted by atomic mass is 32.2. The molecule has 0 aliphatic carbocycles. The normalized spacial score (nSPS) is 11.4. The molecule has 0 saturated carbocycles. The van der Waals surface area contributed by atoms with Crippen molar-refractivity contribution in [1.29, 1.82) is 0 Å². The SMILES string of the molecule is Cc1cc(NC(=O)CSCC(=O)Nc2ccccc2C(=O)NC(C)c2ccccc2)no1. The lowest BCUT2D eigenvalue weighted by Gasteiger charge is -2.16. The predicted octanol–water partition coefficient (Wildman–Crippen LogP) is 3.78. The first-order valence-electron chi connectivity index (χ1n) is 9.98. The molecule has 1 atom stereocenters. The first-order valence-corrected chi connectivity index (χ1v) is 11.1. The van der Waals surface area contributed by atoms with E-state index in [0.29, 0.717) is 22.8 Å². The van der Waals surface area contributed by atoms with Crippen LogP contribution in [-0.2, 0) is 9.59 Å². The van der Waals surface area contributed by atoms with Gasteiger partial charge in [0.1, 0.15) is 5.76 Å². The molecule has 3 rings (SSSR count). The first-order chi connectivity index (χ1) is 15.4. The number of amides is 3. The van der Waals surface area contributed by atoms with Crippen molar-refractivity contribution in [1.82, 2.24) is 10.5 Å². The van der Waals surface area contributed by atoms with Gasteiger partial charge >= 0.3 is 0 Å². The summed E-state index contributed by atoms with van der Waals surface area (Å²) >= 11 is 1.15. The highest BCUT2D eigenvalue weighted by Crippen LogP contribution is 2.18. The number of aromatic nitrogens is 1. The molecule has 0 bridgehead atoms. The van der Waals surface area contributed by atoms with Gasteiger partial charge in [0.05, 0.1) is 28.8 Å². The van der Waals surface area contributed by atoms with Crippen molar-refractivity contribution < 1.29 is 18.9 Å². The summed E-state index contributed by atoms with van der Waals surface area (Å²) in [4.78, 5) is 37.1. The van der Waals surface area contributed by atoms with Crippen LogP contribution in [0.3, 0.4) is 0 Å². The van der Waals surface area contributed by atoms with Gasteiger partial charge in [0.25, 0.3) is 5.91 Å². The number of anilines is 2. The Morgan fingerprint density at radius 3 is 2.31 bits per heavy atom. The van der Waals surface area contributed by atoms with E-state index in [9.17, 15) is 14.4 Å². The minimum absolute atomic E-state index is 0.0572. The molecule has 9 heteroatoms. The van der Waals surface area contributed by atoms with Gasteiger partial charge in [-0.2, -0.15) is 0 Å². The summed E-state index contributed by atoms with van der Waals surface area (Å²) in [5.41, 5.74) is 1.77. The summed E-state index contributed by atoms with van der Waals surface area (Å²) in [5, 5.41) is 12.0. The van der Waals surface area contributed by atoms with Gasteiger partial charge in [-0.1, -0.05) is 47.6 Å². The van der Waals surface area contributed by atoms with Crippen molar-refractivity contribution >= 4 is 41.0 Å². The summed E-state index contributed by atoms with van der Waals surface area (Å²) in [7, 11) is 0. The van der Waals surface area contributed by atoms with E-state index in [2.05, 4.69) is 21.1 Å². The molecule has 0 spiro atoms. The third-order valence-electron chi connectivity index (χ3n) is 4.45. The molecular weight excluding hydrogens is 428 g/mol. The molecule has 0 saturated heterocycles. The number of aryl methyl sites for hydroxylation is 1. The van der Waals surface area contributed by atoms with E-state index in [1.165, 1.54) is 0 Å². The van der Waals surface area contributed by atoms with Crippen molar-refractivity contribution in [2.24, 2.45) is 0 Å². The van der Waals surface area contributed by atoms with Crippen molar-refractivity contribution in [2.75, 3.05) is 22.1 Å². The van der Waals surface area contributed by atoms with Gasteiger partial charge in [-0.3, -0.25) is 14.4 Å². The van der Waals surface area contributed by atoms with Crippen LogP contribution < -0.4 is 16.0 Å². The maximum absolute atomic E-state index is 12.8. The van der Waals surface area contributed by atoms with Crippen LogP contribution in [0.2, 0.25) is 0 Å². The minimum Gasteiger partial charge on any atom is -0.360 e. The lowest BCUT2D eigenvalue weighted by molar-refractivity contribution is -0.114. The van der Waals surface area contributed by atoms with Gasteiger partial charge in [0.2, 0.25) is 11.8 Å². The molecule has 0 aliphatic heterocycles. The van der Waals surface area contributed by atoms with E-state index in [4.69, 9.17) is 4.52 Å². The molecule has 32 heavy (non-hydrogen) atoms. The highest BCUT2D eigenvalue weighted by Gasteiger charge is 2.16. The number of thioether (sulfide) groups is 1. The van der Waals surface area contributed by atoms with Gasteiger partial charge in [-0.15, -0.1) is 11.8 Å². The molecular formula is C23H24N4O4S. The summed E-state index contributed by atoms with van der Waals surface area (Å²) in [5.74, 6) is 0.183. The maximum atomic E-state index is 12.8. The van der Waals surface area contributed by atoms with Crippen LogP contribution in [0.5, 0.6) is 0 Å². The molecule has 0 radical (unpaired) electrons. The molecule has 0 fully saturated rings. The molecule has 2 aromatic carbocycles. The Labute approximate surface area is 190 Å². The number of nitrogens with one attached hydrogen (secondary N) is 3. The van der Waals surface area contributed by atoms with Gasteiger partial charge in [-0.05, 0) is 31.5 Å². The number of benzene rings is 2. The number of rotatable bonds is 9. The lowest BCUT2D eigenvalue weighted by Crippen LogP contribution is -2.28. The second-order valence-corrected chi connectivity index (χ2v) is 8.05. The zero-order chi connectivity index (χ0) is 22.9. The zero-order valence-corrected chi connectivity index (χ0v) is 18.6. The van der Waals surface area contributed by atoms with Crippen LogP contribution >= 0.6 is 11.8 Å². The summed E-state index contributed by atoms with van der Waals surface area (Å²) in [6, 6.07) is 17.9. The van der Waals surface area contributed by atoms with E-state index in [1.54, 1.807) is 37.3 Å². The second kappa shape index (κ2) is 11.1. The molecule has 3 aromatic rings. The Morgan fingerprint density at radius 2 is 1.62 bits per heavy atom. The quantitative estimate of drug-likeness (QED) is 0.455. The fourth-order valence-electron chi connectivity index (χ4n) is 2.92. The molecule has 1 unspecified atom stereocenters. The van der Waals surface area contributed by atoms with E-state index in [0.717, 1.165) is 17.3 Å². The van der Waals surface area contributed by atoms with Crippen LogP contribution in [0.15, 0.2) is 65.2 Å². The Balaban J connectivity index is 1.50. The van der Waals surface area contributed by atoms with Crippen molar-refractivity contribution in [2.45, 2.75) is 19.9 Å². The molecule has 8 nitrogen and oxygen atoms in total. The van der Waals surface area contributed by atoms with Crippen LogP contribution in [0.25, 0.3) is 0 Å². The number of para-hydroxylation sites is 1. The average Bonchev–Trinajstić information content (AvgIpc) is 3.19. The monoisotopic (exact) mass is 452 g/mol. The van der Waals surface area contributed by atoms with Crippen molar-refractivity contribution in [3.05, 3.63) is 77.6 Å². The van der Waals surface area contributed by atoms with Crippen LogP contribution in [0.1, 0.15) is 34.6 Å². The number of nitrogens with zero attached hydrogens (tertiary/aromatic N) is 1. The van der Waals surface area contributed by atoms with Crippen LogP contribution in [0, 0.1) is 6.92 Å². The Morgan fingerprint density at radius 1 is 0.969 bits per heavy atom. The fraction of sp³-hybridized carbons (Fsp3) is 0.217. The topological polar surface area (TPSA) is 113 Å². The van der Waals surface area contributed by atoms with Gasteiger partial charge in [-0.25, -0.2) is 0 Å². The smallest absolute Gasteiger partial charge is 0.253 e. The molecule has 3 amide bonds. The second-order valence-electron chi connectivity index (χ2n) is 7.06. The maximum Gasteiger partial charge on any atom is 0.253 e. The largest absolute Gasteiger partial charge is 0.360 e. The highest BCUT2D eigenvalue weighted by molar-refractivity contribution is 8.00. The number of hydrogen-bond acceptors (Lipinski definition) is 6. The number of hydrogen-bond donors (Lipinski definition) is 3. The fourth-order valence-corrected chi connectivity index (χ4v) is 3.53. The Bertz CT molecular complexity index is 1080. The van der Waals surface area contributed by atoms with Gasteiger partial charge in [0, 0.05) is 6.07 Å². The predicted molar refractivity (Wildman–Crippen MR) is 125 cm³/mol. The molecule has 0 aliphatic rings. The first kappa shape index (κ1) is 23.1. The third kappa shape index (κ3) is 6.71.